The van der Waals surface area contributed by atoms with E-state index in [1.165, 1.54) is 42.5 Å². The molecule has 1 aliphatic heterocycles. The van der Waals surface area contributed by atoms with Crippen molar-refractivity contribution >= 4 is 39.6 Å². The number of ether oxygens (including phenoxy) is 2. The van der Waals surface area contributed by atoms with Crippen LogP contribution in [0.15, 0.2) is 70.8 Å². The van der Waals surface area contributed by atoms with Crippen LogP contribution in [0.2, 0.25) is 0 Å². The summed E-state index contributed by atoms with van der Waals surface area (Å²) in [4.78, 5) is 36.9. The third-order valence-electron chi connectivity index (χ3n) is 5.39. The first-order chi connectivity index (χ1) is 17.7. The number of nitro groups is 1. The van der Waals surface area contributed by atoms with Crippen molar-refractivity contribution in [2.24, 2.45) is 0 Å². The van der Waals surface area contributed by atoms with E-state index in [0.29, 0.717) is 39.3 Å². The van der Waals surface area contributed by atoms with Crippen LogP contribution in [0.1, 0.15) is 23.6 Å². The van der Waals surface area contributed by atoms with E-state index in [2.05, 4.69) is 21.2 Å². The van der Waals surface area contributed by atoms with Crippen molar-refractivity contribution in [3.8, 4) is 11.5 Å². The van der Waals surface area contributed by atoms with E-state index < -0.39 is 22.7 Å². The van der Waals surface area contributed by atoms with Crippen LogP contribution in [-0.4, -0.2) is 28.4 Å². The summed E-state index contributed by atoms with van der Waals surface area (Å²) in [6.07, 6.45) is 1.52. The highest BCUT2D eigenvalue weighted by Crippen LogP contribution is 2.36. The zero-order valence-corrected chi connectivity index (χ0v) is 21.2. The lowest BCUT2D eigenvalue weighted by molar-refractivity contribution is -0.384. The Hall–Kier alpha value is -4.25. The number of carbonyl (C=O) groups excluding carboxylic acids is 2. The number of non-ortho nitro benzene ring substituents is 1. The number of carbonyl (C=O) groups is 2. The molecule has 190 valence electrons. The summed E-state index contributed by atoms with van der Waals surface area (Å²) in [5.41, 5.74) is 1.81. The van der Waals surface area contributed by atoms with E-state index in [1.807, 2.05) is 0 Å². The lowest BCUT2D eigenvalue weighted by atomic mass is 10.1. The van der Waals surface area contributed by atoms with Crippen LogP contribution in [0.5, 0.6) is 11.5 Å². The highest BCUT2D eigenvalue weighted by Gasteiger charge is 2.33. The van der Waals surface area contributed by atoms with Crippen molar-refractivity contribution < 1.29 is 28.4 Å². The second-order valence-corrected chi connectivity index (χ2v) is 8.83. The summed E-state index contributed by atoms with van der Waals surface area (Å²) in [5.74, 6) is -0.149. The third kappa shape index (κ3) is 6.12. The molecule has 0 radical (unpaired) electrons. The molecule has 0 spiro atoms. The Balaban J connectivity index is 1.54. The lowest BCUT2D eigenvalue weighted by Crippen LogP contribution is -2.30. The lowest BCUT2D eigenvalue weighted by Gasteiger charge is -2.14. The molecular formula is C26H21BrFN3O6. The van der Waals surface area contributed by atoms with Crippen LogP contribution in [0, 0.1) is 15.9 Å². The molecule has 1 saturated heterocycles. The van der Waals surface area contributed by atoms with Gasteiger partial charge in [-0.1, -0.05) is 40.2 Å². The maximum Gasteiger partial charge on any atom is 0.329 e. The molecule has 4 rings (SSSR count). The van der Waals surface area contributed by atoms with Gasteiger partial charge >= 0.3 is 6.03 Å². The van der Waals surface area contributed by atoms with E-state index in [4.69, 9.17) is 9.47 Å². The van der Waals surface area contributed by atoms with Crippen LogP contribution in [0.25, 0.3) is 6.08 Å². The van der Waals surface area contributed by atoms with E-state index in [1.54, 1.807) is 31.2 Å². The Bertz CT molecular complexity index is 1390. The van der Waals surface area contributed by atoms with Gasteiger partial charge in [0, 0.05) is 16.6 Å². The number of hydrogen-bond acceptors (Lipinski definition) is 6. The van der Waals surface area contributed by atoms with Gasteiger partial charge in [0.2, 0.25) is 0 Å². The number of urea groups is 1. The first kappa shape index (κ1) is 25.8. The predicted molar refractivity (Wildman–Crippen MR) is 136 cm³/mol. The molecule has 3 amide bonds. The average molecular weight is 570 g/mol. The number of amides is 3. The fourth-order valence-electron chi connectivity index (χ4n) is 3.61. The first-order valence-electron chi connectivity index (χ1n) is 11.2. The number of imide groups is 1. The maximum atomic E-state index is 13.2. The minimum atomic E-state index is -0.585. The fraction of sp³-hybridized carbons (Fsp3) is 0.154. The molecule has 1 aliphatic rings. The van der Waals surface area contributed by atoms with Crippen molar-refractivity contribution in [2.75, 3.05) is 6.61 Å². The van der Waals surface area contributed by atoms with Gasteiger partial charge in [-0.3, -0.25) is 19.8 Å². The molecule has 0 aromatic heterocycles. The fourth-order valence-corrected chi connectivity index (χ4v) is 4.04. The van der Waals surface area contributed by atoms with Crippen molar-refractivity contribution in [3.05, 3.63) is 103 Å². The van der Waals surface area contributed by atoms with Gasteiger partial charge in [-0.15, -0.1) is 0 Å². The monoisotopic (exact) mass is 569 g/mol. The molecule has 1 N–H and O–H groups in total. The molecule has 0 atom stereocenters. The summed E-state index contributed by atoms with van der Waals surface area (Å²) in [7, 11) is 0. The molecule has 0 aliphatic carbocycles. The molecule has 3 aromatic rings. The van der Waals surface area contributed by atoms with E-state index in [9.17, 15) is 24.1 Å². The Morgan fingerprint density at radius 3 is 2.49 bits per heavy atom. The Morgan fingerprint density at radius 1 is 1.05 bits per heavy atom. The number of hydrogen-bond donors (Lipinski definition) is 1. The highest BCUT2D eigenvalue weighted by atomic mass is 79.9. The minimum absolute atomic E-state index is 0.00191. The van der Waals surface area contributed by atoms with Crippen LogP contribution in [0.4, 0.5) is 14.9 Å². The van der Waals surface area contributed by atoms with Crippen molar-refractivity contribution in [3.63, 3.8) is 0 Å². The normalized spacial score (nSPS) is 14.1. The van der Waals surface area contributed by atoms with E-state index in [-0.39, 0.29) is 24.5 Å². The SMILES string of the molecule is CCOc1cc(/C=C2/NC(=O)N(Cc3ccc(F)cc3)C2=O)c(Br)cc1OCc1cccc([N+](=O)[O-])c1. The quantitative estimate of drug-likeness (QED) is 0.156. The zero-order chi connectivity index (χ0) is 26.5. The van der Waals surface area contributed by atoms with Crippen LogP contribution in [0.3, 0.4) is 0 Å². The van der Waals surface area contributed by atoms with Gasteiger partial charge in [-0.05, 0) is 54.0 Å². The maximum absolute atomic E-state index is 13.2. The molecular weight excluding hydrogens is 549 g/mol. The topological polar surface area (TPSA) is 111 Å². The Kier molecular flexibility index (Phi) is 7.83. The number of nitrogens with one attached hydrogen (secondary N) is 1. The summed E-state index contributed by atoms with van der Waals surface area (Å²) < 4.78 is 25.3. The second kappa shape index (κ2) is 11.2. The molecule has 0 unspecified atom stereocenters. The number of benzene rings is 3. The molecule has 3 aromatic carbocycles. The Morgan fingerprint density at radius 2 is 1.78 bits per heavy atom. The third-order valence-corrected chi connectivity index (χ3v) is 6.08. The Labute approximate surface area is 219 Å². The van der Waals surface area contributed by atoms with Gasteiger partial charge in [0.15, 0.2) is 11.5 Å². The average Bonchev–Trinajstić information content (AvgIpc) is 3.13. The molecule has 9 nitrogen and oxygen atoms in total. The molecule has 1 fully saturated rings. The van der Waals surface area contributed by atoms with Gasteiger partial charge in [-0.2, -0.15) is 0 Å². The van der Waals surface area contributed by atoms with Gasteiger partial charge in [0.1, 0.15) is 18.1 Å². The molecule has 1 heterocycles. The van der Waals surface area contributed by atoms with Gasteiger partial charge in [0.05, 0.1) is 18.1 Å². The minimum Gasteiger partial charge on any atom is -0.490 e. The molecule has 0 bridgehead atoms. The van der Waals surface area contributed by atoms with Crippen molar-refractivity contribution in [1.29, 1.82) is 0 Å². The summed E-state index contributed by atoms with van der Waals surface area (Å²) in [6.45, 7) is 2.21. The highest BCUT2D eigenvalue weighted by molar-refractivity contribution is 9.10. The second-order valence-electron chi connectivity index (χ2n) is 7.98. The van der Waals surface area contributed by atoms with Crippen LogP contribution < -0.4 is 14.8 Å². The van der Waals surface area contributed by atoms with E-state index >= 15 is 0 Å². The number of rotatable bonds is 9. The first-order valence-corrected chi connectivity index (χ1v) is 12.0. The van der Waals surface area contributed by atoms with Gasteiger partial charge < -0.3 is 14.8 Å². The number of halogens is 2. The van der Waals surface area contributed by atoms with Gasteiger partial charge in [0.25, 0.3) is 11.6 Å². The number of nitro benzene ring substituents is 1. The summed E-state index contributed by atoms with van der Waals surface area (Å²) in [6, 6.07) is 14.4. The number of nitrogens with zero attached hydrogens (tertiary/aromatic N) is 2. The predicted octanol–water partition coefficient (Wildman–Crippen LogP) is 5.57. The van der Waals surface area contributed by atoms with Crippen LogP contribution >= 0.6 is 15.9 Å². The standard InChI is InChI=1S/C26H21BrFN3O6/c1-2-36-23-12-18(21(27)13-24(23)37-15-17-4-3-5-20(10-17)31(34)35)11-22-25(32)30(26(33)29-22)14-16-6-8-19(28)9-7-16/h3-13H,2,14-15H2,1H3,(H,29,33)/b22-11+. The van der Waals surface area contributed by atoms with Crippen molar-refractivity contribution in [1.82, 2.24) is 10.2 Å². The van der Waals surface area contributed by atoms with Crippen molar-refractivity contribution in [2.45, 2.75) is 20.1 Å². The summed E-state index contributed by atoms with van der Waals surface area (Å²) in [5, 5.41) is 13.6. The van der Waals surface area contributed by atoms with Gasteiger partial charge in [-0.25, -0.2) is 9.18 Å². The van der Waals surface area contributed by atoms with E-state index in [0.717, 1.165) is 4.90 Å². The molecule has 37 heavy (non-hydrogen) atoms. The largest absolute Gasteiger partial charge is 0.490 e. The zero-order valence-electron chi connectivity index (χ0n) is 19.6. The smallest absolute Gasteiger partial charge is 0.329 e. The van der Waals surface area contributed by atoms with Crippen LogP contribution in [-0.2, 0) is 17.9 Å². The molecule has 0 saturated carbocycles. The molecule has 11 heteroatoms. The summed E-state index contributed by atoms with van der Waals surface area (Å²) >= 11 is 3.46.